The van der Waals surface area contributed by atoms with E-state index in [1.54, 1.807) is 36.1 Å². The number of carbonyl (C=O) groups excluding carboxylic acids is 3. The molecule has 0 spiro atoms. The molecule has 2 aliphatic heterocycles. The van der Waals surface area contributed by atoms with Gasteiger partial charge in [0.25, 0.3) is 5.91 Å². The average Bonchev–Trinajstić information content (AvgIpc) is 3.33. The van der Waals surface area contributed by atoms with Gasteiger partial charge in [-0.1, -0.05) is 48.5 Å². The fourth-order valence-electron chi connectivity index (χ4n) is 5.26. The lowest BCUT2D eigenvalue weighted by Gasteiger charge is -2.40. The van der Waals surface area contributed by atoms with Crippen molar-refractivity contribution in [2.24, 2.45) is 0 Å². The van der Waals surface area contributed by atoms with Gasteiger partial charge in [-0.2, -0.15) is 0 Å². The molecule has 0 saturated carbocycles. The van der Waals surface area contributed by atoms with Crippen LogP contribution < -0.4 is 10.2 Å². The summed E-state index contributed by atoms with van der Waals surface area (Å²) in [4.78, 5) is 42.2. The molecule has 3 amide bonds. The highest BCUT2D eigenvalue weighted by Gasteiger charge is 2.43. The number of fused-ring (bicyclic) bond motifs is 1. The SMILES string of the molecule is CC(=O)N1CCC(C(=O)Nc2ccc(C(=O)N3CCc4ccccc43)cc2)(c2ccccc2)CC1. The summed E-state index contributed by atoms with van der Waals surface area (Å²) in [6.07, 6.45) is 1.99. The fourth-order valence-corrected chi connectivity index (χ4v) is 5.26. The van der Waals surface area contributed by atoms with Gasteiger partial charge in [0.2, 0.25) is 11.8 Å². The van der Waals surface area contributed by atoms with E-state index in [0.29, 0.717) is 43.7 Å². The molecule has 0 atom stereocenters. The van der Waals surface area contributed by atoms with E-state index in [9.17, 15) is 14.4 Å². The quantitative estimate of drug-likeness (QED) is 0.618. The average molecular weight is 468 g/mol. The standard InChI is InChI=1S/C29H29N3O3/c1-21(33)31-19-16-29(17-20-31,24-8-3-2-4-9-24)28(35)30-25-13-11-23(12-14-25)27(34)32-18-15-22-7-5-6-10-26(22)32/h2-14H,15-20H2,1H3,(H,30,35). The van der Waals surface area contributed by atoms with E-state index in [1.165, 1.54) is 5.56 Å². The number of para-hydroxylation sites is 1. The zero-order valence-electron chi connectivity index (χ0n) is 19.9. The lowest BCUT2D eigenvalue weighted by molar-refractivity contribution is -0.133. The predicted octanol–water partition coefficient (Wildman–Crippen LogP) is 4.41. The minimum Gasteiger partial charge on any atom is -0.343 e. The number of rotatable bonds is 4. The summed E-state index contributed by atoms with van der Waals surface area (Å²) in [5.74, 6) is -0.0856. The van der Waals surface area contributed by atoms with Crippen molar-refractivity contribution in [1.29, 1.82) is 0 Å². The molecule has 1 N–H and O–H groups in total. The van der Waals surface area contributed by atoms with Crippen LogP contribution in [0.15, 0.2) is 78.9 Å². The third kappa shape index (κ3) is 4.32. The number of benzene rings is 3. The molecule has 1 saturated heterocycles. The molecular weight excluding hydrogens is 438 g/mol. The van der Waals surface area contributed by atoms with Gasteiger partial charge in [0, 0.05) is 43.5 Å². The number of carbonyl (C=O) groups is 3. The van der Waals surface area contributed by atoms with Crippen LogP contribution >= 0.6 is 0 Å². The second-order valence-electron chi connectivity index (χ2n) is 9.32. The molecule has 0 aromatic heterocycles. The van der Waals surface area contributed by atoms with Gasteiger partial charge in [-0.3, -0.25) is 14.4 Å². The number of amides is 3. The number of nitrogens with zero attached hydrogens (tertiary/aromatic N) is 2. The molecule has 178 valence electrons. The van der Waals surface area contributed by atoms with Crippen LogP contribution in [0.1, 0.15) is 41.3 Å². The van der Waals surface area contributed by atoms with Crippen molar-refractivity contribution >= 4 is 29.1 Å². The Kier molecular flexibility index (Phi) is 6.12. The Morgan fingerprint density at radius 2 is 1.46 bits per heavy atom. The molecule has 0 radical (unpaired) electrons. The number of hydrogen-bond donors (Lipinski definition) is 1. The van der Waals surface area contributed by atoms with Gasteiger partial charge in [-0.15, -0.1) is 0 Å². The van der Waals surface area contributed by atoms with Crippen molar-refractivity contribution in [3.63, 3.8) is 0 Å². The van der Waals surface area contributed by atoms with Gasteiger partial charge in [-0.25, -0.2) is 0 Å². The number of piperidine rings is 1. The zero-order chi connectivity index (χ0) is 24.4. The topological polar surface area (TPSA) is 69.7 Å². The molecule has 0 bridgehead atoms. The van der Waals surface area contributed by atoms with Crippen LogP contribution in [0.3, 0.4) is 0 Å². The highest BCUT2D eigenvalue weighted by molar-refractivity contribution is 6.07. The normalized spacial score (nSPS) is 16.5. The largest absolute Gasteiger partial charge is 0.343 e. The smallest absolute Gasteiger partial charge is 0.258 e. The van der Waals surface area contributed by atoms with Crippen LogP contribution in [0.5, 0.6) is 0 Å². The van der Waals surface area contributed by atoms with Crippen LogP contribution in [-0.2, 0) is 21.4 Å². The lowest BCUT2D eigenvalue weighted by atomic mass is 9.72. The van der Waals surface area contributed by atoms with Gasteiger partial charge >= 0.3 is 0 Å². The van der Waals surface area contributed by atoms with E-state index in [-0.39, 0.29) is 17.7 Å². The Bertz CT molecular complexity index is 1250. The fraction of sp³-hybridized carbons (Fsp3) is 0.276. The summed E-state index contributed by atoms with van der Waals surface area (Å²) in [5, 5.41) is 3.08. The van der Waals surface area contributed by atoms with Gasteiger partial charge < -0.3 is 15.1 Å². The molecule has 3 aromatic rings. The number of hydrogen-bond acceptors (Lipinski definition) is 3. The minimum atomic E-state index is -0.707. The number of likely N-dealkylation sites (tertiary alicyclic amines) is 1. The molecule has 0 aliphatic carbocycles. The van der Waals surface area contributed by atoms with Crippen LogP contribution in [0.2, 0.25) is 0 Å². The summed E-state index contributed by atoms with van der Waals surface area (Å²) < 4.78 is 0. The van der Waals surface area contributed by atoms with Gasteiger partial charge in [0.15, 0.2) is 0 Å². The van der Waals surface area contributed by atoms with Gasteiger partial charge in [0.1, 0.15) is 0 Å². The van der Waals surface area contributed by atoms with Crippen molar-refractivity contribution in [2.75, 3.05) is 29.9 Å². The van der Waals surface area contributed by atoms with E-state index in [0.717, 1.165) is 17.7 Å². The Morgan fingerprint density at radius 3 is 2.14 bits per heavy atom. The molecule has 2 heterocycles. The van der Waals surface area contributed by atoms with E-state index in [1.807, 2.05) is 53.4 Å². The second kappa shape index (κ2) is 9.37. The molecule has 3 aromatic carbocycles. The zero-order valence-corrected chi connectivity index (χ0v) is 19.9. The van der Waals surface area contributed by atoms with Crippen molar-refractivity contribution in [3.05, 3.63) is 95.6 Å². The van der Waals surface area contributed by atoms with E-state index < -0.39 is 5.41 Å². The first-order valence-corrected chi connectivity index (χ1v) is 12.1. The van der Waals surface area contributed by atoms with Crippen LogP contribution in [-0.4, -0.2) is 42.3 Å². The van der Waals surface area contributed by atoms with Gasteiger partial charge in [-0.05, 0) is 60.7 Å². The lowest BCUT2D eigenvalue weighted by Crippen LogP contribution is -2.50. The maximum atomic E-state index is 13.6. The molecular formula is C29H29N3O3. The Labute approximate surface area is 205 Å². The molecule has 6 nitrogen and oxygen atoms in total. The van der Waals surface area contributed by atoms with Crippen molar-refractivity contribution in [3.8, 4) is 0 Å². The minimum absolute atomic E-state index is 0.0351. The Hall–Kier alpha value is -3.93. The van der Waals surface area contributed by atoms with E-state index >= 15 is 0 Å². The Morgan fingerprint density at radius 1 is 0.800 bits per heavy atom. The van der Waals surface area contributed by atoms with Crippen LogP contribution in [0.25, 0.3) is 0 Å². The third-order valence-corrected chi connectivity index (χ3v) is 7.35. The molecule has 0 unspecified atom stereocenters. The van der Waals surface area contributed by atoms with Crippen molar-refractivity contribution in [2.45, 2.75) is 31.6 Å². The summed E-state index contributed by atoms with van der Waals surface area (Å²) in [6, 6.07) is 24.9. The number of nitrogens with one attached hydrogen (secondary N) is 1. The summed E-state index contributed by atoms with van der Waals surface area (Å²) in [7, 11) is 0. The van der Waals surface area contributed by atoms with E-state index in [4.69, 9.17) is 0 Å². The summed E-state index contributed by atoms with van der Waals surface area (Å²) in [5.41, 5.74) is 3.65. The van der Waals surface area contributed by atoms with Gasteiger partial charge in [0.05, 0.1) is 5.41 Å². The molecule has 2 aliphatic rings. The number of anilines is 2. The monoisotopic (exact) mass is 467 g/mol. The highest BCUT2D eigenvalue weighted by Crippen LogP contribution is 2.37. The maximum absolute atomic E-state index is 13.6. The molecule has 35 heavy (non-hydrogen) atoms. The maximum Gasteiger partial charge on any atom is 0.258 e. The van der Waals surface area contributed by atoms with Crippen molar-refractivity contribution < 1.29 is 14.4 Å². The molecule has 5 rings (SSSR count). The molecule has 1 fully saturated rings. The predicted molar refractivity (Wildman–Crippen MR) is 137 cm³/mol. The Balaban J connectivity index is 1.33. The van der Waals surface area contributed by atoms with Crippen LogP contribution in [0, 0.1) is 0 Å². The first-order chi connectivity index (χ1) is 17.0. The third-order valence-electron chi connectivity index (χ3n) is 7.35. The summed E-state index contributed by atoms with van der Waals surface area (Å²) in [6.45, 7) is 3.33. The first-order valence-electron chi connectivity index (χ1n) is 12.1. The van der Waals surface area contributed by atoms with Crippen LogP contribution in [0.4, 0.5) is 11.4 Å². The van der Waals surface area contributed by atoms with Crippen molar-refractivity contribution in [1.82, 2.24) is 4.90 Å². The second-order valence-corrected chi connectivity index (χ2v) is 9.32. The van der Waals surface area contributed by atoms with E-state index in [2.05, 4.69) is 11.4 Å². The summed E-state index contributed by atoms with van der Waals surface area (Å²) >= 11 is 0. The molecule has 6 heteroatoms. The highest BCUT2D eigenvalue weighted by atomic mass is 16.2. The first kappa shape index (κ1) is 22.8.